The second-order valence-corrected chi connectivity index (χ2v) is 4.73. The fourth-order valence-corrected chi connectivity index (χ4v) is 1.47. The largest absolute Gasteiger partial charge is 0.482 e. The molecule has 0 N–H and O–H groups in total. The third-order valence-electron chi connectivity index (χ3n) is 2.38. The molecule has 1 aromatic heterocycles. The Hall–Kier alpha value is -1.95. The first-order valence-electron chi connectivity index (χ1n) is 5.80. The molecule has 0 aliphatic rings. The van der Waals surface area contributed by atoms with Crippen molar-refractivity contribution in [2.24, 2.45) is 0 Å². The smallest absolute Gasteiger partial charge is 0.237 e. The minimum Gasteiger partial charge on any atom is -0.482 e. The van der Waals surface area contributed by atoms with Crippen molar-refractivity contribution in [2.45, 2.75) is 13.0 Å². The van der Waals surface area contributed by atoms with Crippen LogP contribution >= 0.6 is 15.9 Å². The Morgan fingerprint density at radius 3 is 2.40 bits per heavy atom. The third kappa shape index (κ3) is 4.03. The third-order valence-corrected chi connectivity index (χ3v) is 3.02. The van der Waals surface area contributed by atoms with E-state index in [0.29, 0.717) is 17.4 Å². The second kappa shape index (κ2) is 6.47. The van der Waals surface area contributed by atoms with Crippen molar-refractivity contribution in [3.05, 3.63) is 48.4 Å². The second-order valence-electron chi connectivity index (χ2n) is 3.95. The van der Waals surface area contributed by atoms with Crippen molar-refractivity contribution in [2.75, 3.05) is 0 Å². The summed E-state index contributed by atoms with van der Waals surface area (Å²) in [4.78, 5) is 14.8. The first-order valence-corrected chi connectivity index (χ1v) is 6.59. The van der Waals surface area contributed by atoms with E-state index in [4.69, 9.17) is 9.47 Å². The molecule has 0 amide bonds. The Kier molecular flexibility index (Phi) is 4.68. The van der Waals surface area contributed by atoms with Crippen LogP contribution in [-0.4, -0.2) is 15.8 Å². The van der Waals surface area contributed by atoms with Crippen LogP contribution in [-0.2, 0) is 4.79 Å². The van der Waals surface area contributed by atoms with Gasteiger partial charge in [-0.3, -0.25) is 4.79 Å². The lowest BCUT2D eigenvalue weighted by molar-refractivity contribution is -0.115. The normalized spacial score (nSPS) is 11.8. The van der Waals surface area contributed by atoms with Gasteiger partial charge in [0.1, 0.15) is 17.3 Å². The topological polar surface area (TPSA) is 48.4 Å². The van der Waals surface area contributed by atoms with Crippen LogP contribution in [0.4, 0.5) is 4.39 Å². The van der Waals surface area contributed by atoms with Crippen molar-refractivity contribution in [3.8, 4) is 17.4 Å². The molecule has 2 aromatic rings. The summed E-state index contributed by atoms with van der Waals surface area (Å²) in [5.41, 5.74) is 0. The zero-order chi connectivity index (χ0) is 14.5. The van der Waals surface area contributed by atoms with Crippen LogP contribution in [0, 0.1) is 5.82 Å². The molecule has 4 nitrogen and oxygen atoms in total. The van der Waals surface area contributed by atoms with Crippen LogP contribution in [0.5, 0.6) is 17.4 Å². The van der Waals surface area contributed by atoms with Gasteiger partial charge in [0.15, 0.2) is 6.10 Å². The number of pyridine rings is 1. The number of nitrogens with zero attached hydrogens (tertiary/aromatic N) is 1. The molecule has 0 spiro atoms. The summed E-state index contributed by atoms with van der Waals surface area (Å²) in [5, 5.41) is 0. The maximum absolute atomic E-state index is 12.7. The van der Waals surface area contributed by atoms with Crippen molar-refractivity contribution in [3.63, 3.8) is 0 Å². The predicted octanol–water partition coefficient (Wildman–Crippen LogP) is 3.70. The molecule has 0 aliphatic carbocycles. The molecule has 1 unspecified atom stereocenters. The first kappa shape index (κ1) is 14.5. The number of hydrogen-bond donors (Lipinski definition) is 0. The van der Waals surface area contributed by atoms with Gasteiger partial charge in [-0.1, -0.05) is 0 Å². The molecule has 0 saturated carbocycles. The number of rotatable bonds is 5. The Morgan fingerprint density at radius 2 is 1.85 bits per heavy atom. The Balaban J connectivity index is 2.01. The molecule has 20 heavy (non-hydrogen) atoms. The molecule has 0 fully saturated rings. The van der Waals surface area contributed by atoms with Gasteiger partial charge in [0, 0.05) is 6.07 Å². The molecule has 0 aliphatic heterocycles. The van der Waals surface area contributed by atoms with E-state index in [1.807, 2.05) is 0 Å². The number of benzene rings is 1. The van der Waals surface area contributed by atoms with E-state index in [2.05, 4.69) is 20.9 Å². The molecule has 6 heteroatoms. The number of hydrogen-bond acceptors (Lipinski definition) is 4. The Morgan fingerprint density at radius 1 is 1.20 bits per heavy atom. The predicted molar refractivity (Wildman–Crippen MR) is 74.7 cm³/mol. The summed E-state index contributed by atoms with van der Waals surface area (Å²) in [5.74, 6) is 0.956. The van der Waals surface area contributed by atoms with Crippen molar-refractivity contribution >= 4 is 20.6 Å². The Labute approximate surface area is 123 Å². The van der Waals surface area contributed by atoms with E-state index in [1.54, 1.807) is 31.2 Å². The lowest BCUT2D eigenvalue weighted by Crippen LogP contribution is -2.18. The van der Waals surface area contributed by atoms with Gasteiger partial charge in [0.05, 0.1) is 6.20 Å². The molecule has 104 valence electrons. The van der Waals surface area contributed by atoms with Gasteiger partial charge in [-0.15, -0.1) is 0 Å². The molecule has 0 bridgehead atoms. The Bertz CT molecular complexity index is 586. The van der Waals surface area contributed by atoms with Gasteiger partial charge in [0.25, 0.3) is 0 Å². The highest BCUT2D eigenvalue weighted by molar-refractivity contribution is 9.18. The molecule has 1 aromatic carbocycles. The van der Waals surface area contributed by atoms with Gasteiger partial charge in [0.2, 0.25) is 10.6 Å². The summed E-state index contributed by atoms with van der Waals surface area (Å²) >= 11 is 2.83. The maximum atomic E-state index is 12.7. The maximum Gasteiger partial charge on any atom is 0.237 e. The van der Waals surface area contributed by atoms with Crippen LogP contribution in [0.2, 0.25) is 0 Å². The van der Waals surface area contributed by atoms with Gasteiger partial charge in [-0.2, -0.15) is 0 Å². The standard InChI is InChI=1S/C14H11BrFNO3/c1-9(14(15)18)19-11-3-5-12(6-4-11)20-13-7-2-10(16)8-17-13/h2-9H,1H3. The fourth-order valence-electron chi connectivity index (χ4n) is 1.38. The zero-order valence-corrected chi connectivity index (χ0v) is 12.1. The average Bonchev–Trinajstić information content (AvgIpc) is 2.43. The van der Waals surface area contributed by atoms with Crippen LogP contribution < -0.4 is 9.47 Å². The van der Waals surface area contributed by atoms with Crippen LogP contribution in [0.1, 0.15) is 6.92 Å². The summed E-state index contributed by atoms with van der Waals surface area (Å²) in [6.45, 7) is 1.64. The lowest BCUT2D eigenvalue weighted by Gasteiger charge is -2.11. The van der Waals surface area contributed by atoms with E-state index < -0.39 is 11.9 Å². The number of aromatic nitrogens is 1. The highest BCUT2D eigenvalue weighted by Gasteiger charge is 2.10. The number of carbonyl (C=O) groups is 1. The zero-order valence-electron chi connectivity index (χ0n) is 10.5. The van der Waals surface area contributed by atoms with Crippen molar-refractivity contribution in [1.29, 1.82) is 0 Å². The molecule has 1 atom stereocenters. The van der Waals surface area contributed by atoms with Gasteiger partial charge < -0.3 is 9.47 Å². The van der Waals surface area contributed by atoms with E-state index in [-0.39, 0.29) is 4.69 Å². The molecule has 0 saturated heterocycles. The summed E-state index contributed by atoms with van der Waals surface area (Å²) in [6.07, 6.45) is 0.511. The van der Waals surface area contributed by atoms with Crippen LogP contribution in [0.15, 0.2) is 42.6 Å². The highest BCUT2D eigenvalue weighted by Crippen LogP contribution is 2.23. The van der Waals surface area contributed by atoms with Gasteiger partial charge in [-0.25, -0.2) is 9.37 Å². The molecular weight excluding hydrogens is 329 g/mol. The summed E-state index contributed by atoms with van der Waals surface area (Å²) < 4.78 is 23.3. The lowest BCUT2D eigenvalue weighted by atomic mass is 10.3. The number of ether oxygens (including phenoxy) is 2. The van der Waals surface area contributed by atoms with Gasteiger partial charge in [-0.05, 0) is 53.2 Å². The minimum atomic E-state index is -0.569. The number of halogens is 2. The molecule has 1 heterocycles. The van der Waals surface area contributed by atoms with Crippen molar-refractivity contribution in [1.82, 2.24) is 4.98 Å². The number of carbonyl (C=O) groups excluding carboxylic acids is 1. The summed E-state index contributed by atoms with van der Waals surface area (Å²) in [7, 11) is 0. The first-order chi connectivity index (χ1) is 9.54. The minimum absolute atomic E-state index is 0.228. The SMILES string of the molecule is CC(Oc1ccc(Oc2ccc(F)cn2)cc1)C(=O)Br. The fraction of sp³-hybridized carbons (Fsp3) is 0.143. The molecule has 2 rings (SSSR count). The van der Waals surface area contributed by atoms with E-state index >= 15 is 0 Å². The van der Waals surface area contributed by atoms with Crippen LogP contribution in [0.3, 0.4) is 0 Å². The highest BCUT2D eigenvalue weighted by atomic mass is 79.9. The van der Waals surface area contributed by atoms with Crippen LogP contribution in [0.25, 0.3) is 0 Å². The quantitative estimate of drug-likeness (QED) is 0.779. The average molecular weight is 340 g/mol. The van der Waals surface area contributed by atoms with E-state index in [0.717, 1.165) is 6.20 Å². The summed E-state index contributed by atoms with van der Waals surface area (Å²) in [6, 6.07) is 9.39. The molecular formula is C14H11BrFNO3. The molecule has 0 radical (unpaired) electrons. The van der Waals surface area contributed by atoms with Crippen molar-refractivity contribution < 1.29 is 18.7 Å². The monoisotopic (exact) mass is 339 g/mol. The van der Waals surface area contributed by atoms with E-state index in [9.17, 15) is 9.18 Å². The van der Waals surface area contributed by atoms with E-state index in [1.165, 1.54) is 12.1 Å². The van der Waals surface area contributed by atoms with Gasteiger partial charge >= 0.3 is 0 Å².